The van der Waals surface area contributed by atoms with Crippen molar-refractivity contribution in [2.24, 2.45) is 0 Å². The van der Waals surface area contributed by atoms with Gasteiger partial charge in [0.2, 0.25) is 0 Å². The summed E-state index contributed by atoms with van der Waals surface area (Å²) in [6.45, 7) is -0.250. The number of aliphatic hydroxyl groups is 2. The monoisotopic (exact) mass is 494 g/mol. The fraction of sp³-hybridized carbons (Fsp3) is 0.0769. The predicted octanol–water partition coefficient (Wildman–Crippen LogP) is 3.44. The van der Waals surface area contributed by atoms with Crippen molar-refractivity contribution in [3.8, 4) is 0 Å². The van der Waals surface area contributed by atoms with E-state index in [2.05, 4.69) is 0 Å². The number of rotatable bonds is 5. The Morgan fingerprint density at radius 3 is 1.39 bits per heavy atom. The summed E-state index contributed by atoms with van der Waals surface area (Å²) in [6, 6.07) is 19.1. The maximum Gasteiger partial charge on any atom is 0.337 e. The molecule has 4 aromatic carbocycles. The number of aromatic carboxylic acids is 4. The van der Waals surface area contributed by atoms with Crippen LogP contribution in [0.4, 0.5) is 0 Å². The minimum atomic E-state index is -1.24. The lowest BCUT2D eigenvalue weighted by molar-refractivity contribution is 0.0653. The van der Waals surface area contributed by atoms with Crippen LogP contribution in [-0.4, -0.2) is 67.7 Å². The average molecular weight is 494 g/mol. The first kappa shape index (κ1) is 27.4. The first-order chi connectivity index (χ1) is 17.1. The molecule has 186 valence electrons. The zero-order valence-electron chi connectivity index (χ0n) is 18.7. The molecule has 0 aliphatic rings. The second-order valence-corrected chi connectivity index (χ2v) is 7.15. The minimum absolute atomic E-state index is 0.0833. The molecule has 10 nitrogen and oxygen atoms in total. The van der Waals surface area contributed by atoms with Gasteiger partial charge in [0.15, 0.2) is 0 Å². The second kappa shape index (κ2) is 12.6. The topological polar surface area (TPSA) is 190 Å². The molecular weight excluding hydrogens is 472 g/mol. The van der Waals surface area contributed by atoms with E-state index in [-0.39, 0.29) is 35.5 Å². The molecule has 0 aromatic heterocycles. The lowest BCUT2D eigenvalue weighted by Gasteiger charge is -2.08. The molecule has 0 atom stereocenters. The average Bonchev–Trinajstić information content (AvgIpc) is 2.87. The van der Waals surface area contributed by atoms with Gasteiger partial charge in [0.1, 0.15) is 0 Å². The van der Waals surface area contributed by atoms with Crippen molar-refractivity contribution >= 4 is 45.4 Å². The van der Waals surface area contributed by atoms with Crippen LogP contribution in [0.15, 0.2) is 72.8 Å². The van der Waals surface area contributed by atoms with Crippen LogP contribution >= 0.6 is 0 Å². The highest BCUT2D eigenvalue weighted by Gasteiger charge is 2.19. The molecule has 0 amide bonds. The Kier molecular flexibility index (Phi) is 9.61. The Morgan fingerprint density at radius 2 is 1.00 bits per heavy atom. The molecule has 0 aliphatic heterocycles. The minimum Gasteiger partial charge on any atom is -0.478 e. The van der Waals surface area contributed by atoms with Crippen LogP contribution in [-0.2, 0) is 0 Å². The van der Waals surface area contributed by atoms with Crippen molar-refractivity contribution in [3.63, 3.8) is 0 Å². The van der Waals surface area contributed by atoms with Gasteiger partial charge in [-0.1, -0.05) is 30.3 Å². The standard InChI is InChI=1S/C16H10O4.C8H6O4.C2H6O2/c17-15(18)12-6-5-11-7-9-3-1-2-4-10(9)8-13(11)14(12)16(19)20;9-7(10)5-1-2-6(4-3-5)8(11)12;3-1-2-4/h1-8H,(H,17,18)(H,19,20);1-4H,(H,9,10)(H,11,12);3-4H,1-2H2. The Balaban J connectivity index is 0.000000243. The van der Waals surface area contributed by atoms with Crippen molar-refractivity contribution < 1.29 is 49.8 Å². The number of hydrogen-bond acceptors (Lipinski definition) is 6. The fourth-order valence-corrected chi connectivity index (χ4v) is 3.18. The smallest absolute Gasteiger partial charge is 0.337 e. The van der Waals surface area contributed by atoms with E-state index in [1.807, 2.05) is 30.3 Å². The summed E-state index contributed by atoms with van der Waals surface area (Å²) < 4.78 is 0. The maximum atomic E-state index is 11.4. The van der Waals surface area contributed by atoms with E-state index >= 15 is 0 Å². The third-order valence-corrected chi connectivity index (χ3v) is 4.81. The number of carboxylic acids is 4. The predicted molar refractivity (Wildman–Crippen MR) is 130 cm³/mol. The first-order valence-electron chi connectivity index (χ1n) is 10.3. The van der Waals surface area contributed by atoms with Crippen LogP contribution < -0.4 is 0 Å². The lowest BCUT2D eigenvalue weighted by Crippen LogP contribution is -2.08. The van der Waals surface area contributed by atoms with E-state index in [0.29, 0.717) is 10.8 Å². The van der Waals surface area contributed by atoms with Gasteiger partial charge in [-0.05, 0) is 64.0 Å². The molecule has 36 heavy (non-hydrogen) atoms. The normalized spacial score (nSPS) is 9.94. The van der Waals surface area contributed by atoms with Crippen molar-refractivity contribution in [3.05, 3.63) is 95.1 Å². The van der Waals surface area contributed by atoms with Gasteiger partial charge in [-0.2, -0.15) is 0 Å². The molecule has 0 saturated heterocycles. The molecular formula is C26H22O10. The number of carboxylic acid groups (broad SMARTS) is 4. The van der Waals surface area contributed by atoms with Crippen LogP contribution in [0, 0.1) is 0 Å². The molecule has 0 saturated carbocycles. The van der Waals surface area contributed by atoms with E-state index in [1.165, 1.54) is 30.3 Å². The maximum absolute atomic E-state index is 11.4. The highest BCUT2D eigenvalue weighted by Crippen LogP contribution is 2.28. The van der Waals surface area contributed by atoms with Crippen molar-refractivity contribution in [1.82, 2.24) is 0 Å². The Morgan fingerprint density at radius 1 is 0.528 bits per heavy atom. The fourth-order valence-electron chi connectivity index (χ4n) is 3.18. The van der Waals surface area contributed by atoms with Gasteiger partial charge in [-0.15, -0.1) is 0 Å². The number of hydrogen-bond donors (Lipinski definition) is 6. The SMILES string of the molecule is O=C(O)c1ccc(C(=O)O)cc1.O=C(O)c1ccc2cc3ccccc3cc2c1C(=O)O.OCCO. The van der Waals surface area contributed by atoms with E-state index in [1.54, 1.807) is 12.1 Å². The van der Waals surface area contributed by atoms with E-state index in [9.17, 15) is 24.3 Å². The summed E-state index contributed by atoms with van der Waals surface area (Å²) >= 11 is 0. The molecule has 0 fully saturated rings. The van der Waals surface area contributed by atoms with E-state index in [4.69, 9.17) is 25.5 Å². The van der Waals surface area contributed by atoms with Crippen molar-refractivity contribution in [1.29, 1.82) is 0 Å². The molecule has 0 heterocycles. The van der Waals surface area contributed by atoms with Crippen molar-refractivity contribution in [2.75, 3.05) is 13.2 Å². The number of aliphatic hydroxyl groups excluding tert-OH is 2. The van der Waals surface area contributed by atoms with Crippen LogP contribution in [0.25, 0.3) is 21.5 Å². The van der Waals surface area contributed by atoms with Gasteiger partial charge in [0.25, 0.3) is 0 Å². The number of fused-ring (bicyclic) bond motifs is 2. The summed E-state index contributed by atoms with van der Waals surface area (Å²) in [4.78, 5) is 43.3. The molecule has 6 N–H and O–H groups in total. The second-order valence-electron chi connectivity index (χ2n) is 7.15. The summed E-state index contributed by atoms with van der Waals surface area (Å²) in [7, 11) is 0. The quantitative estimate of drug-likeness (QED) is 0.224. The molecule has 0 radical (unpaired) electrons. The molecule has 0 aliphatic carbocycles. The van der Waals surface area contributed by atoms with E-state index in [0.717, 1.165) is 10.8 Å². The zero-order chi connectivity index (χ0) is 26.8. The summed E-state index contributed by atoms with van der Waals surface area (Å²) in [5.74, 6) is -4.60. The Bertz CT molecular complexity index is 1370. The largest absolute Gasteiger partial charge is 0.478 e. The van der Waals surface area contributed by atoms with Crippen molar-refractivity contribution in [2.45, 2.75) is 0 Å². The summed E-state index contributed by atoms with van der Waals surface area (Å²) in [6.07, 6.45) is 0. The summed E-state index contributed by atoms with van der Waals surface area (Å²) in [5, 5.41) is 53.6. The molecule has 0 unspecified atom stereocenters. The zero-order valence-corrected chi connectivity index (χ0v) is 18.7. The van der Waals surface area contributed by atoms with Crippen LogP contribution in [0.2, 0.25) is 0 Å². The third kappa shape index (κ3) is 6.86. The highest BCUT2D eigenvalue weighted by molar-refractivity contribution is 6.14. The van der Waals surface area contributed by atoms with Gasteiger partial charge >= 0.3 is 23.9 Å². The number of carbonyl (C=O) groups is 4. The van der Waals surface area contributed by atoms with Crippen LogP contribution in [0.5, 0.6) is 0 Å². The summed E-state index contributed by atoms with van der Waals surface area (Å²) in [5.41, 5.74) is -0.193. The molecule has 4 aromatic rings. The van der Waals surface area contributed by atoms with Gasteiger partial charge in [0, 0.05) is 0 Å². The molecule has 0 bridgehead atoms. The molecule has 4 rings (SSSR count). The Labute approximate surface area is 203 Å². The highest BCUT2D eigenvalue weighted by atomic mass is 16.4. The third-order valence-electron chi connectivity index (χ3n) is 4.81. The number of benzene rings is 4. The first-order valence-corrected chi connectivity index (χ1v) is 10.3. The molecule has 10 heteroatoms. The Hall–Kier alpha value is -4.80. The van der Waals surface area contributed by atoms with Gasteiger partial charge in [-0.3, -0.25) is 0 Å². The van der Waals surface area contributed by atoms with Gasteiger partial charge in [0.05, 0.1) is 35.5 Å². The molecule has 0 spiro atoms. The van der Waals surface area contributed by atoms with Crippen LogP contribution in [0.1, 0.15) is 41.4 Å². The van der Waals surface area contributed by atoms with Crippen LogP contribution in [0.3, 0.4) is 0 Å². The lowest BCUT2D eigenvalue weighted by atomic mass is 9.96. The van der Waals surface area contributed by atoms with Gasteiger partial charge in [-0.25, -0.2) is 19.2 Å². The van der Waals surface area contributed by atoms with E-state index < -0.39 is 23.9 Å². The van der Waals surface area contributed by atoms with Gasteiger partial charge < -0.3 is 30.6 Å².